The molecule has 0 heterocycles. The van der Waals surface area contributed by atoms with E-state index in [4.69, 9.17) is 0 Å². The van der Waals surface area contributed by atoms with Gasteiger partial charge in [0.2, 0.25) is 0 Å². The van der Waals surface area contributed by atoms with E-state index >= 15 is 0 Å². The van der Waals surface area contributed by atoms with Gasteiger partial charge in [0.25, 0.3) is 0 Å². The zero-order valence-electron chi connectivity index (χ0n) is 6.88. The normalized spacial score (nSPS) is 10.0. The smallest absolute Gasteiger partial charge is 0.00720 e. The Morgan fingerprint density at radius 3 is 2.64 bits per heavy atom. The van der Waals surface area contributed by atoms with Crippen LogP contribution in [0.5, 0.6) is 0 Å². The highest BCUT2D eigenvalue weighted by atomic mass is 32.1. The molecule has 1 rings (SSSR count). The molecule has 0 fully saturated rings. The minimum Gasteiger partial charge on any atom is -0.143 e. The van der Waals surface area contributed by atoms with E-state index in [2.05, 4.69) is 31.7 Å². The maximum Gasteiger partial charge on any atom is 0.00720 e. The van der Waals surface area contributed by atoms with E-state index in [1.807, 2.05) is 12.1 Å². The summed E-state index contributed by atoms with van der Waals surface area (Å²) < 4.78 is 0. The molecule has 0 aliphatic carbocycles. The SMILES string of the molecule is CCCCc1ccccc1S. The molecule has 0 aliphatic heterocycles. The molecule has 0 radical (unpaired) electrons. The van der Waals surface area contributed by atoms with Crippen molar-refractivity contribution >= 4 is 12.6 Å². The number of hydrogen-bond acceptors (Lipinski definition) is 1. The Morgan fingerprint density at radius 1 is 1.27 bits per heavy atom. The maximum absolute atomic E-state index is 4.37. The van der Waals surface area contributed by atoms with Gasteiger partial charge < -0.3 is 0 Å². The molecule has 0 spiro atoms. The summed E-state index contributed by atoms with van der Waals surface area (Å²) in [6.07, 6.45) is 3.68. The van der Waals surface area contributed by atoms with Gasteiger partial charge in [0.05, 0.1) is 0 Å². The molecule has 0 saturated carbocycles. The average Bonchev–Trinajstić information content (AvgIpc) is 2.03. The first kappa shape index (κ1) is 8.66. The second kappa shape index (κ2) is 4.45. The molecule has 0 aromatic heterocycles. The zero-order valence-corrected chi connectivity index (χ0v) is 7.77. The molecule has 1 aromatic rings. The summed E-state index contributed by atoms with van der Waals surface area (Å²) in [6, 6.07) is 8.30. The molecule has 0 unspecified atom stereocenters. The fourth-order valence-electron chi connectivity index (χ4n) is 1.09. The highest BCUT2D eigenvalue weighted by Gasteiger charge is 1.94. The topological polar surface area (TPSA) is 0 Å². The van der Waals surface area contributed by atoms with Crippen LogP contribution in [0.25, 0.3) is 0 Å². The largest absolute Gasteiger partial charge is 0.143 e. The van der Waals surface area contributed by atoms with E-state index in [9.17, 15) is 0 Å². The van der Waals surface area contributed by atoms with Crippen LogP contribution in [0, 0.1) is 0 Å². The Hall–Kier alpha value is -0.430. The number of unbranched alkanes of at least 4 members (excludes halogenated alkanes) is 1. The van der Waals surface area contributed by atoms with Crippen molar-refractivity contribution in [2.24, 2.45) is 0 Å². The lowest BCUT2D eigenvalue weighted by molar-refractivity contribution is 0.785. The Balaban J connectivity index is 2.62. The van der Waals surface area contributed by atoms with Crippen LogP contribution < -0.4 is 0 Å². The molecule has 11 heavy (non-hydrogen) atoms. The lowest BCUT2D eigenvalue weighted by Crippen LogP contribution is -1.85. The van der Waals surface area contributed by atoms with Gasteiger partial charge in [-0.1, -0.05) is 31.5 Å². The fraction of sp³-hybridized carbons (Fsp3) is 0.400. The summed E-state index contributed by atoms with van der Waals surface area (Å²) in [5, 5.41) is 0. The van der Waals surface area contributed by atoms with Crippen LogP contribution in [-0.4, -0.2) is 0 Å². The molecule has 0 bridgehead atoms. The number of rotatable bonds is 3. The molecule has 0 saturated heterocycles. The van der Waals surface area contributed by atoms with Crippen molar-refractivity contribution in [1.82, 2.24) is 0 Å². The minimum atomic E-state index is 1.13. The Kier molecular flexibility index (Phi) is 3.50. The predicted octanol–water partition coefficient (Wildman–Crippen LogP) is 3.32. The second-order valence-corrected chi connectivity index (χ2v) is 3.21. The van der Waals surface area contributed by atoms with Crippen LogP contribution >= 0.6 is 12.6 Å². The summed E-state index contributed by atoms with van der Waals surface area (Å²) >= 11 is 4.37. The van der Waals surface area contributed by atoms with Gasteiger partial charge in [-0.2, -0.15) is 0 Å². The molecule has 60 valence electrons. The summed E-state index contributed by atoms with van der Waals surface area (Å²) in [7, 11) is 0. The van der Waals surface area contributed by atoms with Crippen molar-refractivity contribution in [3.05, 3.63) is 29.8 Å². The quantitative estimate of drug-likeness (QED) is 0.654. The maximum atomic E-state index is 4.37. The summed E-state index contributed by atoms with van der Waals surface area (Å²) in [5.41, 5.74) is 1.37. The number of aryl methyl sites for hydroxylation is 1. The van der Waals surface area contributed by atoms with Crippen LogP contribution in [0.2, 0.25) is 0 Å². The van der Waals surface area contributed by atoms with E-state index in [0.717, 1.165) is 11.3 Å². The number of benzene rings is 1. The van der Waals surface area contributed by atoms with Crippen molar-refractivity contribution in [3.63, 3.8) is 0 Å². The Morgan fingerprint density at radius 2 is 2.00 bits per heavy atom. The third kappa shape index (κ3) is 2.58. The highest BCUT2D eigenvalue weighted by molar-refractivity contribution is 7.80. The zero-order chi connectivity index (χ0) is 8.10. The summed E-state index contributed by atoms with van der Waals surface area (Å²) in [4.78, 5) is 1.13. The standard InChI is InChI=1S/C10H14S/c1-2-3-6-9-7-4-5-8-10(9)11/h4-5,7-8,11H,2-3,6H2,1H3. The molecule has 0 aliphatic rings. The monoisotopic (exact) mass is 166 g/mol. The van der Waals surface area contributed by atoms with E-state index in [1.165, 1.54) is 18.4 Å². The first-order chi connectivity index (χ1) is 5.34. The third-order valence-electron chi connectivity index (χ3n) is 1.79. The lowest BCUT2D eigenvalue weighted by Gasteiger charge is -2.01. The number of thiol groups is 1. The van der Waals surface area contributed by atoms with Gasteiger partial charge in [-0.3, -0.25) is 0 Å². The van der Waals surface area contributed by atoms with Gasteiger partial charge in [0.1, 0.15) is 0 Å². The van der Waals surface area contributed by atoms with Crippen molar-refractivity contribution in [1.29, 1.82) is 0 Å². The summed E-state index contributed by atoms with van der Waals surface area (Å²) in [5.74, 6) is 0. The van der Waals surface area contributed by atoms with Crippen LogP contribution in [0.4, 0.5) is 0 Å². The van der Waals surface area contributed by atoms with Gasteiger partial charge in [0, 0.05) is 4.90 Å². The lowest BCUT2D eigenvalue weighted by atomic mass is 10.1. The van der Waals surface area contributed by atoms with E-state index in [0.29, 0.717) is 0 Å². The minimum absolute atomic E-state index is 1.13. The molecule has 1 heteroatoms. The first-order valence-electron chi connectivity index (χ1n) is 4.11. The third-order valence-corrected chi connectivity index (χ3v) is 2.23. The Bertz CT molecular complexity index is 218. The van der Waals surface area contributed by atoms with Gasteiger partial charge in [-0.15, -0.1) is 12.6 Å². The molecule has 0 nitrogen and oxygen atoms in total. The van der Waals surface area contributed by atoms with Crippen LogP contribution in [-0.2, 0) is 6.42 Å². The van der Waals surface area contributed by atoms with E-state index < -0.39 is 0 Å². The van der Waals surface area contributed by atoms with Crippen LogP contribution in [0.15, 0.2) is 29.2 Å². The van der Waals surface area contributed by atoms with Crippen molar-refractivity contribution in [3.8, 4) is 0 Å². The van der Waals surface area contributed by atoms with Crippen molar-refractivity contribution < 1.29 is 0 Å². The molecular weight excluding hydrogens is 152 g/mol. The van der Waals surface area contributed by atoms with Gasteiger partial charge >= 0.3 is 0 Å². The van der Waals surface area contributed by atoms with E-state index in [-0.39, 0.29) is 0 Å². The van der Waals surface area contributed by atoms with Crippen LogP contribution in [0.1, 0.15) is 25.3 Å². The van der Waals surface area contributed by atoms with Gasteiger partial charge in [-0.25, -0.2) is 0 Å². The highest BCUT2D eigenvalue weighted by Crippen LogP contribution is 2.14. The van der Waals surface area contributed by atoms with Gasteiger partial charge in [0.15, 0.2) is 0 Å². The second-order valence-electron chi connectivity index (χ2n) is 2.73. The average molecular weight is 166 g/mol. The molecular formula is C10H14S. The predicted molar refractivity (Wildman–Crippen MR) is 52.3 cm³/mol. The van der Waals surface area contributed by atoms with E-state index in [1.54, 1.807) is 0 Å². The van der Waals surface area contributed by atoms with Crippen molar-refractivity contribution in [2.45, 2.75) is 31.1 Å². The first-order valence-corrected chi connectivity index (χ1v) is 4.56. The molecule has 0 amide bonds. The molecule has 0 N–H and O–H groups in total. The summed E-state index contributed by atoms with van der Waals surface area (Å²) in [6.45, 7) is 2.21. The molecule has 1 aromatic carbocycles. The molecule has 0 atom stereocenters. The number of hydrogen-bond donors (Lipinski definition) is 1. The van der Waals surface area contributed by atoms with Crippen LogP contribution in [0.3, 0.4) is 0 Å². The van der Waals surface area contributed by atoms with Crippen molar-refractivity contribution in [2.75, 3.05) is 0 Å². The van der Waals surface area contributed by atoms with Gasteiger partial charge in [-0.05, 0) is 24.5 Å². The Labute approximate surface area is 74.0 Å². The fourth-order valence-corrected chi connectivity index (χ4v) is 1.36.